The summed E-state index contributed by atoms with van der Waals surface area (Å²) in [5.41, 5.74) is 1.42. The smallest absolute Gasteiger partial charge is 0.255 e. The molecule has 0 heterocycles. The predicted octanol–water partition coefficient (Wildman–Crippen LogP) is 2.91. The number of hydrogen-bond donors (Lipinski definition) is 1. The number of carbonyl (C=O) groups excluding carboxylic acids is 2. The van der Waals surface area contributed by atoms with Gasteiger partial charge in [-0.25, -0.2) is 8.78 Å². The fourth-order valence-electron chi connectivity index (χ4n) is 2.10. The van der Waals surface area contributed by atoms with Gasteiger partial charge in [-0.15, -0.1) is 0 Å². The summed E-state index contributed by atoms with van der Waals surface area (Å²) in [6.07, 6.45) is 1.96. The second-order valence-corrected chi connectivity index (χ2v) is 5.25. The van der Waals surface area contributed by atoms with Gasteiger partial charge in [0.25, 0.3) is 6.43 Å². The third-order valence-corrected chi connectivity index (χ3v) is 3.25. The average molecular weight is 308 g/mol. The van der Waals surface area contributed by atoms with Crippen LogP contribution in [0.5, 0.6) is 0 Å². The molecule has 6 heteroatoms. The van der Waals surface area contributed by atoms with E-state index in [0.717, 1.165) is 18.4 Å². The summed E-state index contributed by atoms with van der Waals surface area (Å²) in [5.74, 6) is -0.556. The first-order chi connectivity index (χ1) is 10.5. The molecule has 0 spiro atoms. The highest BCUT2D eigenvalue weighted by Gasteiger charge is 2.33. The van der Waals surface area contributed by atoms with Crippen molar-refractivity contribution < 1.29 is 18.4 Å². The van der Waals surface area contributed by atoms with Gasteiger partial charge in [-0.3, -0.25) is 9.59 Å². The minimum atomic E-state index is -2.52. The molecule has 0 atom stereocenters. The van der Waals surface area contributed by atoms with E-state index in [0.29, 0.717) is 5.69 Å². The number of carbonyl (C=O) groups is 2. The van der Waals surface area contributed by atoms with Crippen molar-refractivity contribution >= 4 is 23.6 Å². The van der Waals surface area contributed by atoms with Gasteiger partial charge in [-0.2, -0.15) is 0 Å². The Hall–Kier alpha value is -2.24. The molecule has 0 radical (unpaired) electrons. The Balaban J connectivity index is 1.97. The predicted molar refractivity (Wildman–Crippen MR) is 80.5 cm³/mol. The summed E-state index contributed by atoms with van der Waals surface area (Å²) in [5, 5.41) is 2.64. The first-order valence-electron chi connectivity index (χ1n) is 7.10. The van der Waals surface area contributed by atoms with E-state index in [1.165, 1.54) is 17.9 Å². The normalized spacial score (nSPS) is 14.4. The van der Waals surface area contributed by atoms with Crippen LogP contribution >= 0.6 is 0 Å². The van der Waals surface area contributed by atoms with Crippen molar-refractivity contribution in [3.8, 4) is 0 Å². The maximum Gasteiger partial charge on any atom is 0.255 e. The lowest BCUT2D eigenvalue weighted by molar-refractivity contribution is -0.128. The van der Waals surface area contributed by atoms with Gasteiger partial charge in [-0.1, -0.05) is 12.1 Å². The number of nitrogens with one attached hydrogen (secondary N) is 1. The molecule has 2 rings (SSSR count). The van der Waals surface area contributed by atoms with Crippen LogP contribution in [0, 0.1) is 0 Å². The molecule has 0 bridgehead atoms. The Morgan fingerprint density at radius 3 is 2.45 bits per heavy atom. The summed E-state index contributed by atoms with van der Waals surface area (Å²) in [6, 6.07) is 6.85. The van der Waals surface area contributed by atoms with Gasteiger partial charge in [-0.05, 0) is 36.6 Å². The highest BCUT2D eigenvalue weighted by molar-refractivity contribution is 5.92. The number of anilines is 1. The van der Waals surface area contributed by atoms with Crippen LogP contribution in [-0.2, 0) is 9.59 Å². The van der Waals surface area contributed by atoms with Crippen LogP contribution in [-0.4, -0.2) is 35.7 Å². The van der Waals surface area contributed by atoms with Crippen molar-refractivity contribution in [1.29, 1.82) is 0 Å². The zero-order valence-electron chi connectivity index (χ0n) is 12.3. The summed E-state index contributed by atoms with van der Waals surface area (Å²) < 4.78 is 25.0. The van der Waals surface area contributed by atoms with Gasteiger partial charge in [0.15, 0.2) is 0 Å². The Kier molecular flexibility index (Phi) is 5.25. The van der Waals surface area contributed by atoms with E-state index < -0.39 is 18.9 Å². The highest BCUT2D eigenvalue weighted by Crippen LogP contribution is 2.27. The largest absolute Gasteiger partial charge is 0.330 e. The van der Waals surface area contributed by atoms with Crippen molar-refractivity contribution in [3.05, 3.63) is 35.9 Å². The molecule has 2 amide bonds. The van der Waals surface area contributed by atoms with Crippen molar-refractivity contribution in [1.82, 2.24) is 4.90 Å². The molecule has 1 fully saturated rings. The molecule has 1 aromatic rings. The second-order valence-electron chi connectivity index (χ2n) is 5.25. The Labute approximate surface area is 127 Å². The zero-order chi connectivity index (χ0) is 16.1. The Bertz CT molecular complexity index is 566. The van der Waals surface area contributed by atoms with Gasteiger partial charge >= 0.3 is 0 Å². The molecular formula is C16H18F2N2O2. The van der Waals surface area contributed by atoms with Crippen LogP contribution < -0.4 is 5.32 Å². The Morgan fingerprint density at radius 1 is 1.32 bits per heavy atom. The number of hydrogen-bond acceptors (Lipinski definition) is 2. The monoisotopic (exact) mass is 308 g/mol. The van der Waals surface area contributed by atoms with Gasteiger partial charge < -0.3 is 10.2 Å². The SMILES string of the molecule is CC(=O)Nc1ccc(/C=C\C(=O)N(CC(F)F)C2CC2)cc1. The standard InChI is InChI=1S/C16H18F2N2O2/c1-11(21)19-13-5-2-12(3-6-13)4-9-16(22)20(10-15(17)18)14-7-8-14/h2-6,9,14-15H,7-8,10H2,1H3,(H,19,21)/b9-4-. The molecule has 0 aliphatic heterocycles. The molecule has 22 heavy (non-hydrogen) atoms. The van der Waals surface area contributed by atoms with E-state index >= 15 is 0 Å². The lowest BCUT2D eigenvalue weighted by Gasteiger charge is -2.20. The summed E-state index contributed by atoms with van der Waals surface area (Å²) in [7, 11) is 0. The number of alkyl halides is 2. The molecule has 0 aromatic heterocycles. The molecule has 0 saturated heterocycles. The number of benzene rings is 1. The quantitative estimate of drug-likeness (QED) is 0.822. The minimum absolute atomic E-state index is 0.0479. The molecule has 1 saturated carbocycles. The van der Waals surface area contributed by atoms with Crippen molar-refractivity contribution in [2.24, 2.45) is 0 Å². The minimum Gasteiger partial charge on any atom is -0.330 e. The zero-order valence-corrected chi connectivity index (χ0v) is 12.3. The molecule has 118 valence electrons. The van der Waals surface area contributed by atoms with Crippen molar-refractivity contribution in [2.75, 3.05) is 11.9 Å². The highest BCUT2D eigenvalue weighted by atomic mass is 19.3. The van der Waals surface area contributed by atoms with Gasteiger partial charge in [0.1, 0.15) is 0 Å². The van der Waals surface area contributed by atoms with Crippen LogP contribution in [0.15, 0.2) is 30.3 Å². The van der Waals surface area contributed by atoms with Crippen molar-refractivity contribution in [3.63, 3.8) is 0 Å². The number of nitrogens with zero attached hydrogens (tertiary/aromatic N) is 1. The second kappa shape index (κ2) is 7.15. The Morgan fingerprint density at radius 2 is 1.95 bits per heavy atom. The third-order valence-electron chi connectivity index (χ3n) is 3.25. The number of amides is 2. The van der Waals surface area contributed by atoms with E-state index in [-0.39, 0.29) is 11.9 Å². The van der Waals surface area contributed by atoms with Crippen LogP contribution in [0.2, 0.25) is 0 Å². The van der Waals surface area contributed by atoms with Gasteiger partial charge in [0, 0.05) is 24.7 Å². The van der Waals surface area contributed by atoms with Gasteiger partial charge in [0.2, 0.25) is 11.8 Å². The molecule has 4 nitrogen and oxygen atoms in total. The summed E-state index contributed by atoms with van der Waals surface area (Å²) >= 11 is 0. The molecule has 1 aliphatic carbocycles. The van der Waals surface area contributed by atoms with E-state index in [9.17, 15) is 18.4 Å². The lowest BCUT2D eigenvalue weighted by atomic mass is 10.2. The van der Waals surface area contributed by atoms with Crippen LogP contribution in [0.3, 0.4) is 0 Å². The van der Waals surface area contributed by atoms with E-state index in [2.05, 4.69) is 5.32 Å². The fraction of sp³-hybridized carbons (Fsp3) is 0.375. The topological polar surface area (TPSA) is 49.4 Å². The van der Waals surface area contributed by atoms with Crippen LogP contribution in [0.4, 0.5) is 14.5 Å². The molecular weight excluding hydrogens is 290 g/mol. The third kappa shape index (κ3) is 4.95. The summed E-state index contributed by atoms with van der Waals surface area (Å²) in [6.45, 7) is 0.900. The molecule has 1 aliphatic rings. The van der Waals surface area contributed by atoms with Crippen LogP contribution in [0.1, 0.15) is 25.3 Å². The summed E-state index contributed by atoms with van der Waals surface area (Å²) in [4.78, 5) is 24.1. The van der Waals surface area contributed by atoms with E-state index in [4.69, 9.17) is 0 Å². The average Bonchev–Trinajstić information content (AvgIpc) is 3.27. The van der Waals surface area contributed by atoms with Crippen LogP contribution in [0.25, 0.3) is 6.08 Å². The molecule has 1 aromatic carbocycles. The molecule has 0 unspecified atom stereocenters. The first kappa shape index (κ1) is 16.1. The van der Waals surface area contributed by atoms with Crippen molar-refractivity contribution in [2.45, 2.75) is 32.2 Å². The number of rotatable bonds is 6. The first-order valence-corrected chi connectivity index (χ1v) is 7.10. The molecule has 1 N–H and O–H groups in total. The fourth-order valence-corrected chi connectivity index (χ4v) is 2.10. The maximum absolute atomic E-state index is 12.5. The lowest BCUT2D eigenvalue weighted by Crippen LogP contribution is -2.35. The maximum atomic E-state index is 12.5. The number of halogens is 2. The van der Waals surface area contributed by atoms with E-state index in [1.54, 1.807) is 30.3 Å². The van der Waals surface area contributed by atoms with Gasteiger partial charge in [0.05, 0.1) is 6.54 Å². The van der Waals surface area contributed by atoms with E-state index in [1.807, 2.05) is 0 Å².